The second kappa shape index (κ2) is 12.7. The Morgan fingerprint density at radius 1 is 0.976 bits per heavy atom. The summed E-state index contributed by atoms with van der Waals surface area (Å²) >= 11 is 6.54. The van der Waals surface area contributed by atoms with Crippen LogP contribution in [0.25, 0.3) is 22.4 Å². The Labute approximate surface area is 255 Å². The number of nitrogens with zero attached hydrogens (tertiary/aromatic N) is 2. The highest BCUT2D eigenvalue weighted by Crippen LogP contribution is 2.53. The number of hydrogen-bond acceptors (Lipinski definition) is 4. The van der Waals surface area contributed by atoms with Crippen LogP contribution in [0.2, 0.25) is 5.02 Å². The van der Waals surface area contributed by atoms with E-state index in [-0.39, 0.29) is 24.4 Å². The maximum absolute atomic E-state index is 13.7. The predicted octanol–water partition coefficient (Wildman–Crippen LogP) is 7.68. The zero-order chi connectivity index (χ0) is 27.8. The summed E-state index contributed by atoms with van der Waals surface area (Å²) in [4.78, 5) is 20.8. The molecular weight excluding hydrogens is 553 g/mol. The van der Waals surface area contributed by atoms with Gasteiger partial charge in [0.25, 0.3) is 5.91 Å². The number of amides is 1. The van der Waals surface area contributed by atoms with Gasteiger partial charge in [0.1, 0.15) is 11.4 Å². The van der Waals surface area contributed by atoms with E-state index in [4.69, 9.17) is 21.3 Å². The molecule has 4 bridgehead atoms. The van der Waals surface area contributed by atoms with E-state index in [1.54, 1.807) is 0 Å². The minimum Gasteiger partial charge on any atom is -0.492 e. The molecule has 4 fully saturated rings. The van der Waals surface area contributed by atoms with Gasteiger partial charge in [-0.3, -0.25) is 4.79 Å². The zero-order valence-electron chi connectivity index (χ0n) is 24.2. The van der Waals surface area contributed by atoms with E-state index in [0.29, 0.717) is 34.9 Å². The summed E-state index contributed by atoms with van der Waals surface area (Å²) in [5, 5.41) is 4.01. The number of hydrogen-bond donors (Lipinski definition) is 1. The molecule has 1 heterocycles. The number of aromatic nitrogens is 1. The quantitative estimate of drug-likeness (QED) is 0.258. The van der Waals surface area contributed by atoms with E-state index < -0.39 is 0 Å². The van der Waals surface area contributed by atoms with E-state index in [2.05, 4.69) is 43.4 Å². The average molecular weight is 595 g/mol. The van der Waals surface area contributed by atoms with Crippen molar-refractivity contribution in [1.29, 1.82) is 0 Å². The summed E-state index contributed by atoms with van der Waals surface area (Å²) in [5.74, 6) is 3.56. The highest BCUT2D eigenvalue weighted by Gasteiger charge is 2.48. The molecule has 4 aliphatic rings. The van der Waals surface area contributed by atoms with Crippen LogP contribution in [0, 0.1) is 30.6 Å². The topological polar surface area (TPSA) is 54.5 Å². The van der Waals surface area contributed by atoms with Crippen molar-refractivity contribution in [3.63, 3.8) is 0 Å². The molecule has 0 aliphatic heterocycles. The van der Waals surface area contributed by atoms with Crippen molar-refractivity contribution in [2.45, 2.75) is 51.5 Å². The molecule has 0 radical (unpaired) electrons. The van der Waals surface area contributed by atoms with Crippen LogP contribution in [0.3, 0.4) is 0 Å². The first kappa shape index (κ1) is 29.9. The van der Waals surface area contributed by atoms with Gasteiger partial charge in [-0.25, -0.2) is 4.98 Å². The first-order valence-electron chi connectivity index (χ1n) is 14.8. The molecule has 0 atom stereocenters. The van der Waals surface area contributed by atoms with Gasteiger partial charge in [-0.15, -0.1) is 12.4 Å². The lowest BCUT2D eigenvalue weighted by molar-refractivity contribution is -0.0120. The van der Waals surface area contributed by atoms with Gasteiger partial charge in [-0.05, 0) is 119 Å². The third kappa shape index (κ3) is 6.43. The molecule has 4 aliphatic carbocycles. The Morgan fingerprint density at radius 2 is 1.68 bits per heavy atom. The van der Waals surface area contributed by atoms with Crippen LogP contribution in [0.15, 0.2) is 54.6 Å². The van der Waals surface area contributed by atoms with Crippen molar-refractivity contribution in [2.24, 2.45) is 23.7 Å². The highest BCUT2D eigenvalue weighted by atomic mass is 35.5. The number of rotatable bonds is 9. The van der Waals surface area contributed by atoms with Crippen molar-refractivity contribution in [1.82, 2.24) is 15.2 Å². The number of benzene rings is 2. The molecule has 7 rings (SSSR count). The lowest BCUT2D eigenvalue weighted by atomic mass is 9.54. The molecule has 5 nitrogen and oxygen atoms in total. The molecule has 0 saturated heterocycles. The van der Waals surface area contributed by atoms with Crippen LogP contribution in [0.5, 0.6) is 5.75 Å². The molecule has 1 N–H and O–H groups in total. The Hall–Kier alpha value is -2.60. The third-order valence-corrected chi connectivity index (χ3v) is 9.61. The van der Waals surface area contributed by atoms with Gasteiger partial charge in [0.15, 0.2) is 0 Å². The van der Waals surface area contributed by atoms with Gasteiger partial charge >= 0.3 is 0 Å². The van der Waals surface area contributed by atoms with Crippen molar-refractivity contribution < 1.29 is 9.53 Å². The number of pyridine rings is 1. The summed E-state index contributed by atoms with van der Waals surface area (Å²) in [6.07, 6.45) is 7.38. The maximum Gasteiger partial charge on any atom is 0.270 e. The predicted molar refractivity (Wildman–Crippen MR) is 169 cm³/mol. The first-order valence-corrected chi connectivity index (χ1v) is 15.2. The fourth-order valence-electron chi connectivity index (χ4n) is 7.61. The number of carbonyl (C=O) groups excluding carboxylic acids is 1. The fourth-order valence-corrected chi connectivity index (χ4v) is 7.78. The minimum absolute atomic E-state index is 0. The van der Waals surface area contributed by atoms with Gasteiger partial charge in [-0.2, -0.15) is 0 Å². The number of carbonyl (C=O) groups is 1. The smallest absolute Gasteiger partial charge is 0.270 e. The monoisotopic (exact) mass is 593 g/mol. The molecule has 4 saturated carbocycles. The zero-order valence-corrected chi connectivity index (χ0v) is 25.8. The van der Waals surface area contributed by atoms with Crippen LogP contribution in [0.4, 0.5) is 0 Å². The summed E-state index contributed by atoms with van der Waals surface area (Å²) in [7, 11) is 4.11. The van der Waals surface area contributed by atoms with Crippen molar-refractivity contribution in [3.8, 4) is 28.1 Å². The van der Waals surface area contributed by atoms with E-state index in [9.17, 15) is 4.79 Å². The highest BCUT2D eigenvalue weighted by molar-refractivity contribution is 6.32. The third-order valence-electron chi connectivity index (χ3n) is 9.30. The molecule has 7 heteroatoms. The van der Waals surface area contributed by atoms with Crippen molar-refractivity contribution in [2.75, 3.05) is 27.2 Å². The summed E-state index contributed by atoms with van der Waals surface area (Å²) in [5.41, 5.74) is 5.36. The SMILES string of the molecule is Cc1ccccc1-c1ccc(C(=O)NC2C3CC4CC(C3)CC2C4)nc1-c1ccc(Cl)c(OCCCN(C)C)c1.Cl. The van der Waals surface area contributed by atoms with Gasteiger partial charge in [0, 0.05) is 23.7 Å². The Morgan fingerprint density at radius 3 is 2.37 bits per heavy atom. The van der Waals surface area contributed by atoms with E-state index >= 15 is 0 Å². The first-order chi connectivity index (χ1) is 19.4. The number of aryl methyl sites for hydroxylation is 1. The molecule has 1 amide bonds. The normalized spacial score (nSPS) is 24.3. The minimum atomic E-state index is -0.0656. The fraction of sp³-hybridized carbons (Fsp3) is 0.471. The van der Waals surface area contributed by atoms with Crippen LogP contribution < -0.4 is 10.1 Å². The largest absolute Gasteiger partial charge is 0.492 e. The molecular formula is C34H41Cl2N3O2. The summed E-state index contributed by atoms with van der Waals surface area (Å²) in [6.45, 7) is 3.62. The van der Waals surface area contributed by atoms with Crippen molar-refractivity contribution in [3.05, 3.63) is 70.9 Å². The molecule has 218 valence electrons. The maximum atomic E-state index is 13.7. The van der Waals surface area contributed by atoms with E-state index in [1.165, 1.54) is 32.1 Å². The molecule has 2 aromatic carbocycles. The summed E-state index contributed by atoms with van der Waals surface area (Å²) < 4.78 is 6.09. The summed E-state index contributed by atoms with van der Waals surface area (Å²) in [6, 6.07) is 18.3. The van der Waals surface area contributed by atoms with Crippen LogP contribution in [-0.2, 0) is 0 Å². The van der Waals surface area contributed by atoms with Crippen LogP contribution >= 0.6 is 24.0 Å². The van der Waals surface area contributed by atoms with Gasteiger partial charge in [0.05, 0.1) is 17.3 Å². The average Bonchev–Trinajstić information content (AvgIpc) is 2.93. The molecule has 0 spiro atoms. The van der Waals surface area contributed by atoms with Gasteiger partial charge in [-0.1, -0.05) is 41.9 Å². The lowest BCUT2D eigenvalue weighted by Crippen LogP contribution is -2.55. The second-order valence-corrected chi connectivity index (χ2v) is 12.9. The molecule has 41 heavy (non-hydrogen) atoms. The molecule has 0 unspecified atom stereocenters. The Kier molecular flexibility index (Phi) is 9.27. The van der Waals surface area contributed by atoms with E-state index in [1.807, 2.05) is 42.5 Å². The standard InChI is InChI=1S/C34H40ClN3O2.ClH/c1-21-7-4-5-8-27(21)28-10-12-30(34(39)37-32-25-16-22-15-23(18-25)19-26(32)17-22)36-33(28)24-9-11-29(35)31(20-24)40-14-6-13-38(2)3;/h4-5,7-12,20,22-23,25-26,32H,6,13-19H2,1-3H3,(H,37,39);1H. The molecule has 3 aromatic rings. The van der Waals surface area contributed by atoms with Crippen molar-refractivity contribution >= 4 is 29.9 Å². The Balaban J connectivity index is 0.00000337. The number of halogens is 2. The lowest BCUT2D eigenvalue weighted by Gasteiger charge is -2.54. The van der Waals surface area contributed by atoms with Crippen LogP contribution in [-0.4, -0.2) is 49.1 Å². The number of nitrogens with one attached hydrogen (secondary N) is 1. The van der Waals surface area contributed by atoms with Gasteiger partial charge in [0.2, 0.25) is 0 Å². The van der Waals surface area contributed by atoms with Crippen LogP contribution in [0.1, 0.15) is 54.6 Å². The Bertz CT molecular complexity index is 1360. The molecule has 1 aromatic heterocycles. The second-order valence-electron chi connectivity index (χ2n) is 12.5. The van der Waals surface area contributed by atoms with Gasteiger partial charge < -0.3 is 15.0 Å². The van der Waals surface area contributed by atoms with E-state index in [0.717, 1.165) is 52.7 Å². The number of ether oxygens (including phenoxy) is 1.